The number of methoxy groups -OCH3 is 1. The number of ether oxygens (including phenoxy) is 4. The molecule has 3 aromatic rings. The van der Waals surface area contributed by atoms with Gasteiger partial charge in [0.25, 0.3) is 0 Å². The van der Waals surface area contributed by atoms with Crippen molar-refractivity contribution in [3.05, 3.63) is 64.2 Å². The molecular weight excluding hydrogens is 680 g/mol. The summed E-state index contributed by atoms with van der Waals surface area (Å²) in [6.07, 6.45) is 11.4. The maximum Gasteiger partial charge on any atom is 0.182 e. The number of aromatic hydroxyl groups is 1. The molecule has 0 spiro atoms. The van der Waals surface area contributed by atoms with Crippen molar-refractivity contribution in [3.63, 3.8) is 0 Å². The molecular formula is C46H58O8. The van der Waals surface area contributed by atoms with E-state index in [1.807, 2.05) is 30.3 Å². The number of aliphatic hydroxyl groups excluding tert-OH is 3. The zero-order chi connectivity index (χ0) is 37.9. The highest BCUT2D eigenvalue weighted by atomic mass is 16.5. The topological polar surface area (TPSA) is 118 Å². The Labute approximate surface area is 320 Å². The van der Waals surface area contributed by atoms with Crippen LogP contribution in [-0.4, -0.2) is 53.0 Å². The highest BCUT2D eigenvalue weighted by Gasteiger charge is 2.39. The van der Waals surface area contributed by atoms with Crippen LogP contribution in [0.3, 0.4) is 0 Å². The van der Waals surface area contributed by atoms with Crippen LogP contribution in [0.5, 0.6) is 28.7 Å². The Morgan fingerprint density at radius 1 is 0.981 bits per heavy atom. The lowest BCUT2D eigenvalue weighted by molar-refractivity contribution is 0.0195. The van der Waals surface area contributed by atoms with E-state index in [-0.39, 0.29) is 37.1 Å². The number of aliphatic hydroxyl groups is 3. The SMILES string of the molecule is CCC(CCCO)CCC1Cc2cc(O)c(CC(C)C)cc2-c2c(OC)cc3c(c21)CC(O)C(c1ccc2c(c1)OC1CC(CO)CCC1CC#CO2)O3. The number of phenols is 1. The molecule has 8 nitrogen and oxygen atoms in total. The Morgan fingerprint density at radius 3 is 2.59 bits per heavy atom. The van der Waals surface area contributed by atoms with Gasteiger partial charge in [-0.2, -0.15) is 0 Å². The molecule has 7 unspecified atom stereocenters. The molecule has 0 bridgehead atoms. The highest BCUT2D eigenvalue weighted by molar-refractivity contribution is 5.83. The van der Waals surface area contributed by atoms with Crippen molar-refractivity contribution in [2.75, 3.05) is 20.3 Å². The van der Waals surface area contributed by atoms with Gasteiger partial charge >= 0.3 is 0 Å². The molecule has 7 atom stereocenters. The number of fused-ring (bicyclic) bond motifs is 7. The van der Waals surface area contributed by atoms with Gasteiger partial charge in [0.1, 0.15) is 35.6 Å². The molecule has 2 aliphatic carbocycles. The van der Waals surface area contributed by atoms with Gasteiger partial charge in [-0.1, -0.05) is 39.2 Å². The summed E-state index contributed by atoms with van der Waals surface area (Å²) < 4.78 is 25.5. The Kier molecular flexibility index (Phi) is 12.0. The number of phenolic OH excluding ortho intramolecular Hbond substituents is 1. The summed E-state index contributed by atoms with van der Waals surface area (Å²) >= 11 is 0. The summed E-state index contributed by atoms with van der Waals surface area (Å²) in [5.74, 6) is 7.55. The first kappa shape index (κ1) is 38.4. The van der Waals surface area contributed by atoms with Crippen molar-refractivity contribution in [1.29, 1.82) is 0 Å². The second kappa shape index (κ2) is 16.9. The van der Waals surface area contributed by atoms with Crippen LogP contribution < -0.4 is 18.9 Å². The third kappa shape index (κ3) is 7.92. The van der Waals surface area contributed by atoms with Crippen LogP contribution in [0.2, 0.25) is 0 Å². The van der Waals surface area contributed by atoms with Crippen molar-refractivity contribution in [3.8, 4) is 51.9 Å². The van der Waals surface area contributed by atoms with E-state index in [9.17, 15) is 20.4 Å². The maximum atomic E-state index is 12.0. The molecule has 4 aliphatic rings. The van der Waals surface area contributed by atoms with Gasteiger partial charge in [0.15, 0.2) is 11.5 Å². The third-order valence-corrected chi connectivity index (χ3v) is 12.5. The molecule has 1 saturated carbocycles. The molecule has 0 aromatic heterocycles. The minimum atomic E-state index is -0.822. The minimum absolute atomic E-state index is 0.0895. The largest absolute Gasteiger partial charge is 0.508 e. The van der Waals surface area contributed by atoms with E-state index >= 15 is 0 Å². The van der Waals surface area contributed by atoms with E-state index in [4.69, 9.17) is 18.9 Å². The van der Waals surface area contributed by atoms with Crippen LogP contribution in [-0.2, 0) is 19.3 Å². The minimum Gasteiger partial charge on any atom is -0.508 e. The van der Waals surface area contributed by atoms with Crippen LogP contribution >= 0.6 is 0 Å². The summed E-state index contributed by atoms with van der Waals surface area (Å²) in [7, 11) is 1.70. The van der Waals surface area contributed by atoms with Crippen LogP contribution in [0.15, 0.2) is 36.4 Å². The standard InChI is InChI=1S/C46H58O8/c1-5-28(8-6-16-47)10-13-31-20-33-22-37(49)34(18-27(2)3)21-35(33)45-43(51-4)25-41-36(44(31)45)24-38(50)46(54-41)32-14-15-39-42(23-32)53-40-19-29(26-48)11-12-30(40)9-7-17-52-39/h14-15,21-23,25,27-31,38,40,46-50H,5-6,8-13,16,18-20,24,26H2,1-4H3. The van der Waals surface area contributed by atoms with Gasteiger partial charge in [0, 0.05) is 49.2 Å². The van der Waals surface area contributed by atoms with Gasteiger partial charge in [-0.05, 0) is 134 Å². The summed E-state index contributed by atoms with van der Waals surface area (Å²) in [4.78, 5) is 0. The smallest absolute Gasteiger partial charge is 0.182 e. The Hall–Kier alpha value is -3.90. The van der Waals surface area contributed by atoms with Gasteiger partial charge in [-0.15, -0.1) is 0 Å². The molecule has 2 aliphatic heterocycles. The van der Waals surface area contributed by atoms with Crippen LogP contribution in [0.4, 0.5) is 0 Å². The molecule has 8 heteroatoms. The molecule has 290 valence electrons. The third-order valence-electron chi connectivity index (χ3n) is 12.5. The van der Waals surface area contributed by atoms with Crippen LogP contribution in [0, 0.1) is 35.7 Å². The summed E-state index contributed by atoms with van der Waals surface area (Å²) in [6, 6.07) is 11.8. The van der Waals surface area contributed by atoms with Crippen molar-refractivity contribution < 1.29 is 39.4 Å². The fourth-order valence-electron chi connectivity index (χ4n) is 9.51. The Morgan fingerprint density at radius 2 is 1.83 bits per heavy atom. The maximum absolute atomic E-state index is 12.0. The van der Waals surface area contributed by atoms with E-state index in [1.54, 1.807) is 7.11 Å². The molecule has 7 rings (SSSR count). The van der Waals surface area contributed by atoms with Crippen molar-refractivity contribution in [2.24, 2.45) is 23.7 Å². The lowest BCUT2D eigenvalue weighted by Gasteiger charge is -2.38. The van der Waals surface area contributed by atoms with Gasteiger partial charge < -0.3 is 39.4 Å². The first-order chi connectivity index (χ1) is 26.2. The zero-order valence-electron chi connectivity index (χ0n) is 32.4. The average molecular weight is 739 g/mol. The molecule has 4 N–H and O–H groups in total. The van der Waals surface area contributed by atoms with Crippen LogP contribution in [0.25, 0.3) is 11.1 Å². The highest BCUT2D eigenvalue weighted by Crippen LogP contribution is 2.54. The van der Waals surface area contributed by atoms with Gasteiger partial charge in [-0.3, -0.25) is 0 Å². The second-order valence-corrected chi connectivity index (χ2v) is 16.6. The fourth-order valence-corrected chi connectivity index (χ4v) is 9.51. The predicted molar refractivity (Wildman–Crippen MR) is 209 cm³/mol. The lowest BCUT2D eigenvalue weighted by atomic mass is 9.71. The molecule has 2 heterocycles. The van der Waals surface area contributed by atoms with E-state index in [0.29, 0.717) is 47.7 Å². The molecule has 0 amide bonds. The summed E-state index contributed by atoms with van der Waals surface area (Å²) in [6.45, 7) is 6.90. The summed E-state index contributed by atoms with van der Waals surface area (Å²) in [5, 5.41) is 42.6. The molecule has 0 radical (unpaired) electrons. The van der Waals surface area contributed by atoms with E-state index < -0.39 is 12.2 Å². The normalized spacial score (nSPS) is 24.6. The van der Waals surface area contributed by atoms with Crippen molar-refractivity contribution >= 4 is 0 Å². The van der Waals surface area contributed by atoms with E-state index in [2.05, 4.69) is 38.9 Å². The monoisotopic (exact) mass is 738 g/mol. The predicted octanol–water partition coefficient (Wildman–Crippen LogP) is 8.42. The molecule has 3 aromatic carbocycles. The molecule has 0 saturated heterocycles. The first-order valence-corrected chi connectivity index (χ1v) is 20.3. The molecule has 1 fully saturated rings. The number of hydrogen-bond acceptors (Lipinski definition) is 8. The number of rotatable bonds is 12. The first-order valence-electron chi connectivity index (χ1n) is 20.3. The molecule has 54 heavy (non-hydrogen) atoms. The van der Waals surface area contributed by atoms with Crippen LogP contribution in [0.1, 0.15) is 118 Å². The Balaban J connectivity index is 1.26. The fraction of sp³-hybridized carbons (Fsp3) is 0.565. The summed E-state index contributed by atoms with van der Waals surface area (Å²) in [5.41, 5.74) is 7.15. The van der Waals surface area contributed by atoms with Gasteiger partial charge in [0.2, 0.25) is 0 Å². The van der Waals surface area contributed by atoms with E-state index in [0.717, 1.165) is 103 Å². The van der Waals surface area contributed by atoms with Crippen molar-refractivity contribution in [2.45, 2.75) is 122 Å². The van der Waals surface area contributed by atoms with Crippen molar-refractivity contribution in [1.82, 2.24) is 0 Å². The van der Waals surface area contributed by atoms with E-state index in [1.165, 1.54) is 5.56 Å². The Bertz CT molecular complexity index is 1860. The second-order valence-electron chi connectivity index (χ2n) is 16.6. The quantitative estimate of drug-likeness (QED) is 0.137. The lowest BCUT2D eigenvalue weighted by Crippen LogP contribution is -2.35. The number of benzene rings is 3. The zero-order valence-corrected chi connectivity index (χ0v) is 32.4. The van der Waals surface area contributed by atoms with Gasteiger partial charge in [0.05, 0.1) is 13.2 Å². The number of hydrogen-bond donors (Lipinski definition) is 4. The average Bonchev–Trinajstić information content (AvgIpc) is 3.25. The van der Waals surface area contributed by atoms with Gasteiger partial charge in [-0.25, -0.2) is 0 Å².